The molecule has 0 spiro atoms. The summed E-state index contributed by atoms with van der Waals surface area (Å²) in [7, 11) is -3.07. The van der Waals surface area contributed by atoms with Crippen LogP contribution in [0.5, 0.6) is 0 Å². The van der Waals surface area contributed by atoms with Crippen LogP contribution in [0.25, 0.3) is 100 Å². The molecule has 0 atom stereocenters. The van der Waals surface area contributed by atoms with Crippen LogP contribution in [0.2, 0.25) is 0 Å². The maximum absolute atomic E-state index is 5.65. The Kier molecular flexibility index (Phi) is 10.8. The van der Waals surface area contributed by atoms with Gasteiger partial charge in [-0.2, -0.15) is 15.0 Å². The van der Waals surface area contributed by atoms with Crippen molar-refractivity contribution in [2.45, 2.75) is 0 Å². The number of aromatic nitrogens is 5. The number of nitrogens with zero attached hydrogens (tertiary/aromatic N) is 5. The topological polar surface area (TPSA) is 48.5 Å². The van der Waals surface area contributed by atoms with E-state index in [-0.39, 0.29) is 0 Å². The summed E-state index contributed by atoms with van der Waals surface area (Å²) >= 11 is 0. The van der Waals surface area contributed by atoms with Gasteiger partial charge in [-0.25, -0.2) is 0 Å². The van der Waals surface area contributed by atoms with E-state index >= 15 is 0 Å². The van der Waals surface area contributed by atoms with Gasteiger partial charge < -0.3 is 0 Å². The molecule has 3 heterocycles. The third-order valence-corrected chi connectivity index (χ3v) is 19.7. The quantitative estimate of drug-likeness (QED) is 0.101. The summed E-state index contributed by atoms with van der Waals surface area (Å²) in [5, 5.41) is 9.60. The fraction of sp³-hybridized carbons (Fsp3) is 0. The lowest BCUT2D eigenvalue weighted by molar-refractivity contribution is 0.893. The average Bonchev–Trinajstić information content (AvgIpc) is 4.05. The highest BCUT2D eigenvalue weighted by atomic mass is 28.3. The van der Waals surface area contributed by atoms with Crippen LogP contribution in [0.4, 0.5) is 0 Å². The fourth-order valence-corrected chi connectivity index (χ4v) is 16.5. The summed E-state index contributed by atoms with van der Waals surface area (Å²) in [5.41, 5.74) is 11.9. The number of fused-ring (bicyclic) bond motifs is 6. The minimum Gasteiger partial charge on any atom is -0.278 e. The molecule has 0 N–H and O–H groups in total. The molecule has 75 heavy (non-hydrogen) atoms. The van der Waals surface area contributed by atoms with Crippen molar-refractivity contribution in [3.05, 3.63) is 285 Å². The molecule has 11 aromatic carbocycles. The van der Waals surface area contributed by atoms with Gasteiger partial charge in [0.2, 0.25) is 11.9 Å². The van der Waals surface area contributed by atoms with Crippen molar-refractivity contribution in [3.63, 3.8) is 0 Å². The molecule has 14 rings (SSSR count). The second-order valence-corrected chi connectivity index (χ2v) is 22.9. The third kappa shape index (κ3) is 7.33. The Bertz CT molecular complexity index is 4360. The molecular weight excluding hydrogens is 927 g/mol. The molecule has 0 radical (unpaired) electrons. The lowest BCUT2D eigenvalue weighted by Gasteiger charge is -2.35. The Morgan fingerprint density at radius 3 is 1.32 bits per heavy atom. The molecule has 0 aliphatic carbocycles. The highest BCUT2D eigenvalue weighted by Gasteiger charge is 2.42. The zero-order valence-electron chi connectivity index (χ0n) is 40.9. The first kappa shape index (κ1) is 44.0. The van der Waals surface area contributed by atoms with Gasteiger partial charge >= 0.3 is 0 Å². The summed E-state index contributed by atoms with van der Waals surface area (Å²) in [5.74, 6) is 1.64. The Balaban J connectivity index is 1.08. The van der Waals surface area contributed by atoms with E-state index in [0.29, 0.717) is 17.7 Å². The van der Waals surface area contributed by atoms with Crippen LogP contribution in [0.15, 0.2) is 285 Å². The van der Waals surface area contributed by atoms with E-state index in [4.69, 9.17) is 15.0 Å². The van der Waals surface area contributed by atoms with Gasteiger partial charge in [-0.3, -0.25) is 9.13 Å². The predicted octanol–water partition coefficient (Wildman–Crippen LogP) is 14.1. The molecule has 0 fully saturated rings. The number of hydrogen-bond acceptors (Lipinski definition) is 3. The summed E-state index contributed by atoms with van der Waals surface area (Å²) in [6.07, 6.45) is 0. The highest BCUT2D eigenvalue weighted by molar-refractivity contribution is 7.20. The first-order valence-corrected chi connectivity index (χ1v) is 27.5. The van der Waals surface area contributed by atoms with Crippen LogP contribution in [0, 0.1) is 0 Å². The number of hydrogen-bond donors (Lipinski definition) is 0. The zero-order valence-corrected chi connectivity index (χ0v) is 41.9. The van der Waals surface area contributed by atoms with E-state index in [1.54, 1.807) is 0 Å². The minimum absolute atomic E-state index is 0.533. The van der Waals surface area contributed by atoms with E-state index < -0.39 is 8.07 Å². The van der Waals surface area contributed by atoms with E-state index in [2.05, 4.69) is 294 Å². The second-order valence-electron chi connectivity index (χ2n) is 19.1. The van der Waals surface area contributed by atoms with Gasteiger partial charge in [-0.15, -0.1) is 0 Å². The Labute approximate surface area is 436 Å². The zero-order chi connectivity index (χ0) is 49.7. The van der Waals surface area contributed by atoms with Crippen LogP contribution in [0.3, 0.4) is 0 Å². The molecule has 0 aliphatic heterocycles. The number of rotatable bonds is 10. The van der Waals surface area contributed by atoms with Crippen molar-refractivity contribution in [3.8, 4) is 56.7 Å². The number of para-hydroxylation sites is 3. The van der Waals surface area contributed by atoms with Crippen LogP contribution in [-0.2, 0) is 0 Å². The summed E-state index contributed by atoms with van der Waals surface area (Å²) in [6.45, 7) is 0. The van der Waals surface area contributed by atoms with Crippen LogP contribution < -0.4 is 20.7 Å². The van der Waals surface area contributed by atoms with Crippen molar-refractivity contribution in [1.29, 1.82) is 0 Å². The lowest BCUT2D eigenvalue weighted by Crippen LogP contribution is -2.74. The fourth-order valence-electron chi connectivity index (χ4n) is 11.7. The minimum atomic E-state index is -3.07. The monoisotopic (exact) mass is 973 g/mol. The smallest absolute Gasteiger partial charge is 0.240 e. The Hall–Kier alpha value is -9.75. The molecule has 0 saturated heterocycles. The maximum atomic E-state index is 5.65. The molecular formula is C69H47N5Si. The van der Waals surface area contributed by atoms with Gasteiger partial charge in [-0.05, 0) is 66.8 Å². The van der Waals surface area contributed by atoms with Crippen molar-refractivity contribution in [2.24, 2.45) is 0 Å². The molecule has 3 aromatic heterocycles. The SMILES string of the molecule is c1ccc(-c2cccc([Si](c3ccccc3)(c3ccccc3)c3cccc(-c4nc(-n5c6ccccc6c6c(-c7ccccc7)cccc65)nc(-n5c6ccccc6c6cccc(-c7ccccc7)c65)n4)c3)c2)cc1. The van der Waals surface area contributed by atoms with Gasteiger partial charge in [0.15, 0.2) is 13.9 Å². The molecule has 0 aliphatic rings. The first-order valence-electron chi connectivity index (χ1n) is 25.5. The summed E-state index contributed by atoms with van der Waals surface area (Å²) in [4.78, 5) is 16.9. The normalized spacial score (nSPS) is 11.7. The van der Waals surface area contributed by atoms with Crippen molar-refractivity contribution in [1.82, 2.24) is 24.1 Å². The molecule has 14 aromatic rings. The molecule has 5 nitrogen and oxygen atoms in total. The lowest BCUT2D eigenvalue weighted by atomic mass is 9.99. The van der Waals surface area contributed by atoms with Gasteiger partial charge in [0, 0.05) is 32.7 Å². The average molecular weight is 974 g/mol. The molecule has 6 heteroatoms. The standard InChI is InChI=1S/C69H47N5Si/c1-6-24-48(25-7-1)51-30-20-36-55(46-51)75(53-32-12-4-13-33-53,54-34-14-5-15-35-54)56-37-21-31-52(47-56)67-70-68(73-63-44-19-17-39-61(63)65-57(40-23-45-64(65)73)49-26-8-2-9-27-49)72-69(71-67)74-62-43-18-16-38-59(62)60-42-22-41-58(66(60)74)50-28-10-3-11-29-50/h1-47H. The predicted molar refractivity (Wildman–Crippen MR) is 314 cm³/mol. The van der Waals surface area contributed by atoms with Crippen molar-refractivity contribution in [2.75, 3.05) is 0 Å². The van der Waals surface area contributed by atoms with Crippen LogP contribution in [0.1, 0.15) is 0 Å². The Morgan fingerprint density at radius 1 is 0.267 bits per heavy atom. The number of benzene rings is 11. The Morgan fingerprint density at radius 2 is 0.680 bits per heavy atom. The van der Waals surface area contributed by atoms with Gasteiger partial charge in [0.05, 0.1) is 22.1 Å². The molecule has 0 saturated carbocycles. The summed E-state index contributed by atoms with van der Waals surface area (Å²) in [6, 6.07) is 103. The molecule has 352 valence electrons. The molecule has 0 bridgehead atoms. The van der Waals surface area contributed by atoms with E-state index in [1.165, 1.54) is 31.9 Å². The van der Waals surface area contributed by atoms with Crippen molar-refractivity contribution >= 4 is 72.4 Å². The maximum Gasteiger partial charge on any atom is 0.240 e. The van der Waals surface area contributed by atoms with Crippen molar-refractivity contribution < 1.29 is 0 Å². The van der Waals surface area contributed by atoms with Crippen LogP contribution in [-0.4, -0.2) is 32.2 Å². The van der Waals surface area contributed by atoms with Gasteiger partial charge in [0.1, 0.15) is 0 Å². The van der Waals surface area contributed by atoms with E-state index in [1.807, 2.05) is 0 Å². The van der Waals surface area contributed by atoms with E-state index in [0.717, 1.165) is 71.4 Å². The highest BCUT2D eigenvalue weighted by Crippen LogP contribution is 2.40. The van der Waals surface area contributed by atoms with Crippen LogP contribution >= 0.6 is 0 Å². The van der Waals surface area contributed by atoms with Gasteiger partial charge in [0.25, 0.3) is 0 Å². The summed E-state index contributed by atoms with van der Waals surface area (Å²) < 4.78 is 4.50. The molecule has 0 unspecified atom stereocenters. The molecule has 0 amide bonds. The third-order valence-electron chi connectivity index (χ3n) is 14.9. The van der Waals surface area contributed by atoms with Gasteiger partial charge in [-0.1, -0.05) is 267 Å². The second kappa shape index (κ2) is 18.4. The first-order chi connectivity index (χ1) is 37.2. The largest absolute Gasteiger partial charge is 0.278 e. The van der Waals surface area contributed by atoms with E-state index in [9.17, 15) is 0 Å².